The molecule has 0 aliphatic heterocycles. The molecule has 1 N–H and O–H groups in total. The average Bonchev–Trinajstić information content (AvgIpc) is 3.24. The van der Waals surface area contributed by atoms with Gasteiger partial charge in [-0.05, 0) is 30.5 Å². The van der Waals surface area contributed by atoms with E-state index in [1.54, 1.807) is 18.2 Å². The lowest BCUT2D eigenvalue weighted by Gasteiger charge is -2.08. The molecule has 0 atom stereocenters. The molecule has 104 valence electrons. The fourth-order valence-electron chi connectivity index (χ4n) is 1.89. The monoisotopic (exact) mass is 311 g/mol. The van der Waals surface area contributed by atoms with Crippen molar-refractivity contribution in [2.45, 2.75) is 25.3 Å². The topological polar surface area (TPSA) is 37.8 Å². The van der Waals surface area contributed by atoms with Crippen molar-refractivity contribution in [1.29, 1.82) is 0 Å². The van der Waals surface area contributed by atoms with Gasteiger partial charge in [-0.2, -0.15) is 0 Å². The summed E-state index contributed by atoms with van der Waals surface area (Å²) in [7, 11) is 0. The third-order valence-electron chi connectivity index (χ3n) is 3.11. The maximum Gasteiger partial charge on any atom is 0.141 e. The lowest BCUT2D eigenvalue weighted by Crippen LogP contribution is -2.04. The van der Waals surface area contributed by atoms with Crippen molar-refractivity contribution in [3.05, 3.63) is 51.6 Å². The number of hydrogen-bond acceptors (Lipinski definition) is 3. The minimum Gasteiger partial charge on any atom is -0.366 e. The van der Waals surface area contributed by atoms with Crippen molar-refractivity contribution in [3.8, 4) is 0 Å². The summed E-state index contributed by atoms with van der Waals surface area (Å²) in [6.45, 7) is 0.497. The Morgan fingerprint density at radius 1 is 1.20 bits per heavy atom. The maximum atomic E-state index is 13.1. The first-order valence-corrected chi connectivity index (χ1v) is 7.09. The van der Waals surface area contributed by atoms with Gasteiger partial charge in [0.2, 0.25) is 0 Å². The van der Waals surface area contributed by atoms with E-state index in [-0.39, 0.29) is 5.02 Å². The van der Waals surface area contributed by atoms with Crippen LogP contribution in [0.4, 0.5) is 10.2 Å². The molecule has 1 aliphatic carbocycles. The Labute approximate surface area is 126 Å². The van der Waals surface area contributed by atoms with Crippen LogP contribution in [0, 0.1) is 5.82 Å². The van der Waals surface area contributed by atoms with Crippen LogP contribution < -0.4 is 5.32 Å². The van der Waals surface area contributed by atoms with Crippen LogP contribution in [0.25, 0.3) is 0 Å². The third kappa shape index (κ3) is 3.19. The molecule has 0 saturated heterocycles. The number of benzene rings is 1. The highest BCUT2D eigenvalue weighted by molar-refractivity contribution is 6.30. The van der Waals surface area contributed by atoms with E-state index in [1.807, 2.05) is 0 Å². The van der Waals surface area contributed by atoms with E-state index in [0.29, 0.717) is 23.4 Å². The zero-order chi connectivity index (χ0) is 14.1. The second-order valence-corrected chi connectivity index (χ2v) is 5.60. The Morgan fingerprint density at radius 2 is 2.00 bits per heavy atom. The van der Waals surface area contributed by atoms with E-state index < -0.39 is 5.82 Å². The fourth-order valence-corrected chi connectivity index (χ4v) is 2.29. The summed E-state index contributed by atoms with van der Waals surface area (Å²) in [6.07, 6.45) is 2.24. The Hall–Kier alpha value is -1.39. The molecule has 0 unspecified atom stereocenters. The summed E-state index contributed by atoms with van der Waals surface area (Å²) < 4.78 is 13.1. The van der Waals surface area contributed by atoms with Gasteiger partial charge in [0.25, 0.3) is 0 Å². The number of rotatable bonds is 4. The fraction of sp³-hybridized carbons (Fsp3) is 0.286. The van der Waals surface area contributed by atoms with Crippen LogP contribution in [0.2, 0.25) is 10.2 Å². The van der Waals surface area contributed by atoms with Crippen molar-refractivity contribution in [2.24, 2.45) is 0 Å². The molecule has 2 aromatic rings. The Morgan fingerprint density at radius 3 is 2.70 bits per heavy atom. The van der Waals surface area contributed by atoms with Crippen LogP contribution in [-0.4, -0.2) is 9.97 Å². The summed E-state index contributed by atoms with van der Waals surface area (Å²) in [5.74, 6) is 1.48. The second kappa shape index (κ2) is 5.54. The van der Waals surface area contributed by atoms with E-state index in [4.69, 9.17) is 23.2 Å². The molecule has 6 heteroatoms. The number of nitrogens with one attached hydrogen (secondary N) is 1. The molecule has 0 radical (unpaired) electrons. The molecule has 3 rings (SSSR count). The van der Waals surface area contributed by atoms with Gasteiger partial charge in [0.05, 0.1) is 5.02 Å². The summed E-state index contributed by atoms with van der Waals surface area (Å²) in [4.78, 5) is 8.66. The second-order valence-electron chi connectivity index (χ2n) is 4.81. The lowest BCUT2D eigenvalue weighted by atomic mass is 10.2. The maximum absolute atomic E-state index is 13.1. The summed E-state index contributed by atoms with van der Waals surface area (Å²) >= 11 is 11.7. The first-order chi connectivity index (χ1) is 9.61. The van der Waals surface area contributed by atoms with E-state index >= 15 is 0 Å². The number of nitrogens with zero attached hydrogens (tertiary/aromatic N) is 2. The summed E-state index contributed by atoms with van der Waals surface area (Å²) in [5.41, 5.74) is 0.874. The van der Waals surface area contributed by atoms with Crippen LogP contribution >= 0.6 is 23.2 Å². The molecule has 1 aliphatic rings. The van der Waals surface area contributed by atoms with Crippen LogP contribution in [0.1, 0.15) is 30.1 Å². The summed E-state index contributed by atoms with van der Waals surface area (Å²) in [5, 5.41) is 3.70. The van der Waals surface area contributed by atoms with Gasteiger partial charge in [-0.3, -0.25) is 0 Å². The van der Waals surface area contributed by atoms with Crippen LogP contribution in [0.5, 0.6) is 0 Å². The van der Waals surface area contributed by atoms with Gasteiger partial charge in [0, 0.05) is 18.5 Å². The molecule has 20 heavy (non-hydrogen) atoms. The zero-order valence-electron chi connectivity index (χ0n) is 10.5. The number of hydrogen-bond donors (Lipinski definition) is 1. The van der Waals surface area contributed by atoms with Gasteiger partial charge in [0.1, 0.15) is 22.6 Å². The third-order valence-corrected chi connectivity index (χ3v) is 3.60. The minimum atomic E-state index is -0.420. The molecular weight excluding hydrogens is 300 g/mol. The summed E-state index contributed by atoms with van der Waals surface area (Å²) in [6, 6.07) is 6.30. The number of anilines is 1. The molecule has 3 nitrogen and oxygen atoms in total. The first-order valence-electron chi connectivity index (χ1n) is 6.34. The zero-order valence-corrected chi connectivity index (χ0v) is 12.0. The normalized spacial score (nSPS) is 14.3. The smallest absolute Gasteiger partial charge is 0.141 e. The van der Waals surface area contributed by atoms with E-state index in [1.165, 1.54) is 6.07 Å². The van der Waals surface area contributed by atoms with Crippen molar-refractivity contribution in [1.82, 2.24) is 9.97 Å². The molecular formula is C14H12Cl2FN3. The molecule has 0 bridgehead atoms. The molecule has 0 amide bonds. The molecule has 1 heterocycles. The largest absolute Gasteiger partial charge is 0.366 e. The first kappa shape index (κ1) is 13.6. The number of halogens is 3. The molecule has 1 aromatic carbocycles. The van der Waals surface area contributed by atoms with Gasteiger partial charge >= 0.3 is 0 Å². The van der Waals surface area contributed by atoms with Crippen molar-refractivity contribution in [3.63, 3.8) is 0 Å². The highest BCUT2D eigenvalue weighted by Gasteiger charge is 2.27. The van der Waals surface area contributed by atoms with Gasteiger partial charge < -0.3 is 5.32 Å². The standard InChI is InChI=1S/C14H12Cl2FN3/c15-10-5-8(1-4-11(10)17)7-18-13-6-12(16)19-14(20-13)9-2-3-9/h1,4-6,9H,2-3,7H2,(H,18,19,20). The van der Waals surface area contributed by atoms with Crippen LogP contribution in [0.3, 0.4) is 0 Å². The van der Waals surface area contributed by atoms with Crippen LogP contribution in [0.15, 0.2) is 24.3 Å². The predicted octanol–water partition coefficient (Wildman–Crippen LogP) is 4.41. The Bertz CT molecular complexity index is 644. The van der Waals surface area contributed by atoms with Crippen molar-refractivity contribution < 1.29 is 4.39 Å². The van der Waals surface area contributed by atoms with Crippen molar-refractivity contribution in [2.75, 3.05) is 5.32 Å². The van der Waals surface area contributed by atoms with Gasteiger partial charge in [0.15, 0.2) is 0 Å². The van der Waals surface area contributed by atoms with Crippen LogP contribution in [-0.2, 0) is 6.54 Å². The van der Waals surface area contributed by atoms with E-state index in [0.717, 1.165) is 24.2 Å². The average molecular weight is 312 g/mol. The quantitative estimate of drug-likeness (QED) is 0.850. The van der Waals surface area contributed by atoms with Gasteiger partial charge in [-0.1, -0.05) is 29.3 Å². The molecule has 1 fully saturated rings. The minimum absolute atomic E-state index is 0.115. The van der Waals surface area contributed by atoms with Crippen molar-refractivity contribution >= 4 is 29.0 Å². The van der Waals surface area contributed by atoms with Gasteiger partial charge in [-0.25, -0.2) is 14.4 Å². The Kier molecular flexibility index (Phi) is 3.76. The predicted molar refractivity (Wildman–Crippen MR) is 77.8 cm³/mol. The highest BCUT2D eigenvalue weighted by atomic mass is 35.5. The van der Waals surface area contributed by atoms with E-state index in [9.17, 15) is 4.39 Å². The number of aromatic nitrogens is 2. The SMILES string of the molecule is Fc1ccc(CNc2cc(Cl)nc(C3CC3)n2)cc1Cl. The highest BCUT2D eigenvalue weighted by Crippen LogP contribution is 2.38. The Balaban J connectivity index is 1.72. The van der Waals surface area contributed by atoms with E-state index in [2.05, 4.69) is 15.3 Å². The van der Waals surface area contributed by atoms with Gasteiger partial charge in [-0.15, -0.1) is 0 Å². The molecule has 1 aromatic heterocycles. The lowest BCUT2D eigenvalue weighted by molar-refractivity contribution is 0.627. The molecule has 0 spiro atoms. The molecule has 1 saturated carbocycles.